The number of rotatable bonds is 6. The van der Waals surface area contributed by atoms with Gasteiger partial charge in [0, 0.05) is 45.8 Å². The Labute approximate surface area is 122 Å². The number of likely N-dealkylation sites (tertiary alicyclic amines) is 1. The maximum Gasteiger partial charge on any atom is 0.212 e. The Bertz CT molecular complexity index is 382. The molecule has 2 aliphatic heterocycles. The molecule has 20 heavy (non-hydrogen) atoms. The first-order chi connectivity index (χ1) is 9.55. The summed E-state index contributed by atoms with van der Waals surface area (Å²) >= 11 is 0. The van der Waals surface area contributed by atoms with Crippen molar-refractivity contribution in [3.63, 3.8) is 0 Å². The van der Waals surface area contributed by atoms with E-state index in [0.29, 0.717) is 19.0 Å². The van der Waals surface area contributed by atoms with Gasteiger partial charge in [-0.15, -0.1) is 0 Å². The van der Waals surface area contributed by atoms with Crippen molar-refractivity contribution in [2.24, 2.45) is 5.92 Å². The lowest BCUT2D eigenvalue weighted by Gasteiger charge is -2.30. The fraction of sp³-hybridized carbons (Fsp3) is 1.00. The summed E-state index contributed by atoms with van der Waals surface area (Å²) in [5.41, 5.74) is 0. The van der Waals surface area contributed by atoms with Gasteiger partial charge in [0.15, 0.2) is 0 Å². The lowest BCUT2D eigenvalue weighted by atomic mass is 9.99. The molecule has 0 aromatic carbocycles. The van der Waals surface area contributed by atoms with Crippen LogP contribution in [0.3, 0.4) is 0 Å². The molecule has 2 rings (SSSR count). The van der Waals surface area contributed by atoms with E-state index in [1.54, 1.807) is 0 Å². The Balaban J connectivity index is 1.67. The highest BCUT2D eigenvalue weighted by Crippen LogP contribution is 2.14. The fourth-order valence-electron chi connectivity index (χ4n) is 2.94. The van der Waals surface area contributed by atoms with E-state index in [1.807, 2.05) is 0 Å². The van der Waals surface area contributed by atoms with E-state index in [2.05, 4.69) is 26.9 Å². The monoisotopic (exact) mass is 304 g/mol. The molecule has 0 aliphatic carbocycles. The summed E-state index contributed by atoms with van der Waals surface area (Å²) in [6, 6.07) is 0. The van der Waals surface area contributed by atoms with Gasteiger partial charge in [-0.05, 0) is 32.4 Å². The molecule has 0 aromatic rings. The van der Waals surface area contributed by atoms with Crippen LogP contribution in [0.2, 0.25) is 0 Å². The van der Waals surface area contributed by atoms with Crippen molar-refractivity contribution in [3.05, 3.63) is 0 Å². The largest absolute Gasteiger partial charge is 0.314 e. The van der Waals surface area contributed by atoms with Gasteiger partial charge in [-0.1, -0.05) is 0 Å². The van der Waals surface area contributed by atoms with Crippen molar-refractivity contribution in [2.45, 2.75) is 12.8 Å². The molecule has 118 valence electrons. The molecule has 0 amide bonds. The first-order valence-electron chi connectivity index (χ1n) is 7.64. The van der Waals surface area contributed by atoms with Crippen LogP contribution in [-0.2, 0) is 10.0 Å². The Morgan fingerprint density at radius 2 is 2.00 bits per heavy atom. The van der Waals surface area contributed by atoms with E-state index >= 15 is 0 Å². The van der Waals surface area contributed by atoms with Gasteiger partial charge >= 0.3 is 0 Å². The lowest BCUT2D eigenvalue weighted by Crippen LogP contribution is -2.46. The highest BCUT2D eigenvalue weighted by molar-refractivity contribution is 7.89. The fourth-order valence-corrected chi connectivity index (χ4v) is 4.07. The highest BCUT2D eigenvalue weighted by Gasteiger charge is 2.20. The van der Waals surface area contributed by atoms with Crippen LogP contribution in [-0.4, -0.2) is 83.4 Å². The molecule has 2 saturated heterocycles. The van der Waals surface area contributed by atoms with Crippen LogP contribution in [0.5, 0.6) is 0 Å². The molecule has 1 unspecified atom stereocenters. The topological polar surface area (TPSA) is 64.7 Å². The second kappa shape index (κ2) is 7.70. The van der Waals surface area contributed by atoms with Gasteiger partial charge in [-0.25, -0.2) is 13.1 Å². The number of hydrogen-bond acceptors (Lipinski definition) is 5. The summed E-state index contributed by atoms with van der Waals surface area (Å²) in [7, 11) is -1.03. The second-order valence-electron chi connectivity index (χ2n) is 6.03. The quantitative estimate of drug-likeness (QED) is 0.669. The number of piperidine rings is 1. The molecule has 2 N–H and O–H groups in total. The molecule has 6 nitrogen and oxygen atoms in total. The van der Waals surface area contributed by atoms with E-state index in [0.717, 1.165) is 45.7 Å². The van der Waals surface area contributed by atoms with Gasteiger partial charge in [0.2, 0.25) is 10.0 Å². The second-order valence-corrected chi connectivity index (χ2v) is 7.96. The summed E-state index contributed by atoms with van der Waals surface area (Å²) in [5, 5.41) is 3.27. The molecule has 2 fully saturated rings. The van der Waals surface area contributed by atoms with Crippen molar-refractivity contribution >= 4 is 10.0 Å². The Hall–Kier alpha value is -0.210. The van der Waals surface area contributed by atoms with E-state index in [1.165, 1.54) is 6.42 Å². The number of nitrogens with one attached hydrogen (secondary N) is 2. The number of piperazine rings is 1. The molecule has 7 heteroatoms. The van der Waals surface area contributed by atoms with Crippen LogP contribution >= 0.6 is 0 Å². The highest BCUT2D eigenvalue weighted by atomic mass is 32.2. The van der Waals surface area contributed by atoms with Gasteiger partial charge in [0.05, 0.1) is 5.75 Å². The Kier molecular flexibility index (Phi) is 6.22. The maximum atomic E-state index is 12.0. The van der Waals surface area contributed by atoms with Crippen LogP contribution in [0, 0.1) is 5.92 Å². The minimum absolute atomic E-state index is 0.218. The van der Waals surface area contributed by atoms with Gasteiger partial charge in [-0.3, -0.25) is 4.90 Å². The zero-order valence-electron chi connectivity index (χ0n) is 12.5. The molecular weight excluding hydrogens is 276 g/mol. The van der Waals surface area contributed by atoms with Crippen LogP contribution in [0.15, 0.2) is 0 Å². The SMILES string of the molecule is CN1CCCC(CNS(=O)(=O)CCN2CCNCC2)C1. The summed E-state index contributed by atoms with van der Waals surface area (Å²) in [4.78, 5) is 4.49. The van der Waals surface area contributed by atoms with Gasteiger partial charge in [0.25, 0.3) is 0 Å². The van der Waals surface area contributed by atoms with Crippen LogP contribution in [0.1, 0.15) is 12.8 Å². The molecule has 0 spiro atoms. The first kappa shape index (κ1) is 16.2. The van der Waals surface area contributed by atoms with E-state index < -0.39 is 10.0 Å². The summed E-state index contributed by atoms with van der Waals surface area (Å²) in [5.74, 6) is 0.679. The molecular formula is C13H28N4O2S. The third kappa shape index (κ3) is 5.65. The molecule has 0 bridgehead atoms. The predicted octanol–water partition coefficient (Wildman–Crippen LogP) is -0.847. The minimum atomic E-state index is -3.13. The van der Waals surface area contributed by atoms with Crippen LogP contribution in [0.4, 0.5) is 0 Å². The van der Waals surface area contributed by atoms with Crippen molar-refractivity contribution in [1.82, 2.24) is 19.8 Å². The zero-order chi connectivity index (χ0) is 14.4. The molecule has 2 aliphatic rings. The number of hydrogen-bond donors (Lipinski definition) is 2. The van der Waals surface area contributed by atoms with Crippen molar-refractivity contribution < 1.29 is 8.42 Å². The smallest absolute Gasteiger partial charge is 0.212 e. The van der Waals surface area contributed by atoms with Crippen molar-refractivity contribution in [3.8, 4) is 0 Å². The summed E-state index contributed by atoms with van der Waals surface area (Å²) in [6.07, 6.45) is 2.30. The molecule has 0 saturated carbocycles. The minimum Gasteiger partial charge on any atom is -0.314 e. The van der Waals surface area contributed by atoms with E-state index in [-0.39, 0.29) is 5.75 Å². The normalized spacial score (nSPS) is 26.8. The van der Waals surface area contributed by atoms with Gasteiger partial charge in [-0.2, -0.15) is 0 Å². The molecule has 0 radical (unpaired) electrons. The number of nitrogens with zero attached hydrogens (tertiary/aromatic N) is 2. The zero-order valence-corrected chi connectivity index (χ0v) is 13.3. The van der Waals surface area contributed by atoms with E-state index in [4.69, 9.17) is 0 Å². The third-order valence-corrected chi connectivity index (χ3v) is 5.53. The Morgan fingerprint density at radius 3 is 2.70 bits per heavy atom. The van der Waals surface area contributed by atoms with Crippen LogP contribution < -0.4 is 10.0 Å². The lowest BCUT2D eigenvalue weighted by molar-refractivity contribution is 0.211. The van der Waals surface area contributed by atoms with E-state index in [9.17, 15) is 8.42 Å². The summed E-state index contributed by atoms with van der Waals surface area (Å²) in [6.45, 7) is 7.18. The molecule has 1 atom stereocenters. The van der Waals surface area contributed by atoms with Gasteiger partial charge < -0.3 is 10.2 Å². The van der Waals surface area contributed by atoms with Crippen molar-refractivity contribution in [1.29, 1.82) is 0 Å². The Morgan fingerprint density at radius 1 is 1.25 bits per heavy atom. The average molecular weight is 304 g/mol. The molecule has 2 heterocycles. The predicted molar refractivity (Wildman–Crippen MR) is 81.3 cm³/mol. The molecule has 0 aromatic heterocycles. The standard InChI is InChI=1S/C13H28N4O2S/c1-16-6-2-3-13(12-16)11-15-20(18,19)10-9-17-7-4-14-5-8-17/h13-15H,2-12H2,1H3. The summed E-state index contributed by atoms with van der Waals surface area (Å²) < 4.78 is 26.9. The first-order valence-corrected chi connectivity index (χ1v) is 9.29. The maximum absolute atomic E-state index is 12.0. The average Bonchev–Trinajstić information content (AvgIpc) is 2.45. The number of sulfonamides is 1. The van der Waals surface area contributed by atoms with Gasteiger partial charge in [0.1, 0.15) is 0 Å². The third-order valence-electron chi connectivity index (χ3n) is 4.20. The van der Waals surface area contributed by atoms with Crippen molar-refractivity contribution in [2.75, 3.05) is 65.2 Å². The van der Waals surface area contributed by atoms with Crippen LogP contribution in [0.25, 0.3) is 0 Å².